The van der Waals surface area contributed by atoms with E-state index in [1.807, 2.05) is 6.92 Å². The molecule has 5 heteroatoms. The molecule has 3 N–H and O–H groups in total. The number of hydrogen-bond acceptors (Lipinski definition) is 3. The number of carboxylic acids is 1. The zero-order valence-corrected chi connectivity index (χ0v) is 10.4. The molecule has 0 radical (unpaired) electrons. The van der Waals surface area contributed by atoms with Gasteiger partial charge in [0.1, 0.15) is 0 Å². The van der Waals surface area contributed by atoms with Gasteiger partial charge in [-0.25, -0.2) is 0 Å². The van der Waals surface area contributed by atoms with E-state index in [9.17, 15) is 9.59 Å². The second-order valence-electron chi connectivity index (χ2n) is 4.64. The molecule has 17 heavy (non-hydrogen) atoms. The molecule has 0 aliphatic carbocycles. The molecule has 1 rings (SSSR count). The zero-order valence-electron chi connectivity index (χ0n) is 10.4. The summed E-state index contributed by atoms with van der Waals surface area (Å²) >= 11 is 0. The fourth-order valence-electron chi connectivity index (χ4n) is 2.28. The summed E-state index contributed by atoms with van der Waals surface area (Å²) in [6.45, 7) is 4.27. The predicted molar refractivity (Wildman–Crippen MR) is 64.7 cm³/mol. The Bertz CT molecular complexity index is 273. The van der Waals surface area contributed by atoms with E-state index < -0.39 is 5.97 Å². The van der Waals surface area contributed by atoms with Crippen LogP contribution in [0.4, 0.5) is 0 Å². The number of piperidine rings is 1. The maximum absolute atomic E-state index is 12.1. The third kappa shape index (κ3) is 4.00. The van der Waals surface area contributed by atoms with Crippen molar-refractivity contribution >= 4 is 11.9 Å². The Hall–Kier alpha value is -1.10. The second kappa shape index (κ2) is 6.59. The summed E-state index contributed by atoms with van der Waals surface area (Å²) < 4.78 is 0. The lowest BCUT2D eigenvalue weighted by molar-refractivity contribution is -0.137. The predicted octanol–water partition coefficient (Wildman–Crippen LogP) is 0.747. The monoisotopic (exact) mass is 242 g/mol. The number of carbonyl (C=O) groups is 2. The molecule has 0 aromatic heterocycles. The largest absolute Gasteiger partial charge is 0.481 e. The van der Waals surface area contributed by atoms with E-state index in [0.29, 0.717) is 13.0 Å². The van der Waals surface area contributed by atoms with Gasteiger partial charge >= 0.3 is 5.97 Å². The van der Waals surface area contributed by atoms with Gasteiger partial charge in [0.2, 0.25) is 5.91 Å². The van der Waals surface area contributed by atoms with Crippen molar-refractivity contribution in [1.82, 2.24) is 10.6 Å². The first kappa shape index (κ1) is 14.0. The molecular formula is C12H22N2O3. The van der Waals surface area contributed by atoms with Gasteiger partial charge in [0.25, 0.3) is 0 Å². The van der Waals surface area contributed by atoms with Crippen molar-refractivity contribution in [2.45, 2.75) is 39.0 Å². The lowest BCUT2D eigenvalue weighted by Gasteiger charge is -2.35. The van der Waals surface area contributed by atoms with Crippen LogP contribution in [0.3, 0.4) is 0 Å². The van der Waals surface area contributed by atoms with Gasteiger partial charge in [0, 0.05) is 13.0 Å². The standard InChI is InChI=1S/C12H22N2O3/c1-2-12(5-8-13-9-6-12)11(17)14-7-3-4-10(15)16/h13H,2-9H2,1H3,(H,14,17)(H,15,16). The van der Waals surface area contributed by atoms with Crippen molar-refractivity contribution in [3.8, 4) is 0 Å². The van der Waals surface area contributed by atoms with Crippen LogP contribution in [-0.4, -0.2) is 36.6 Å². The van der Waals surface area contributed by atoms with E-state index in [0.717, 1.165) is 32.4 Å². The van der Waals surface area contributed by atoms with Crippen LogP contribution in [0.2, 0.25) is 0 Å². The molecule has 1 heterocycles. The molecule has 98 valence electrons. The second-order valence-corrected chi connectivity index (χ2v) is 4.64. The van der Waals surface area contributed by atoms with Crippen LogP contribution in [0.25, 0.3) is 0 Å². The van der Waals surface area contributed by atoms with Crippen LogP contribution in [0.15, 0.2) is 0 Å². The van der Waals surface area contributed by atoms with Gasteiger partial charge in [-0.1, -0.05) is 6.92 Å². The fraction of sp³-hybridized carbons (Fsp3) is 0.833. The summed E-state index contributed by atoms with van der Waals surface area (Å²) in [7, 11) is 0. The SMILES string of the molecule is CCC1(C(=O)NCCCC(=O)O)CCNCC1. The van der Waals surface area contributed by atoms with Crippen LogP contribution in [0, 0.1) is 5.41 Å². The zero-order chi connectivity index (χ0) is 12.7. The maximum atomic E-state index is 12.1. The highest BCUT2D eigenvalue weighted by Crippen LogP contribution is 2.32. The Kier molecular flexibility index (Phi) is 5.41. The molecule has 5 nitrogen and oxygen atoms in total. The fourth-order valence-corrected chi connectivity index (χ4v) is 2.28. The van der Waals surface area contributed by atoms with Crippen molar-refractivity contribution in [2.24, 2.45) is 5.41 Å². The summed E-state index contributed by atoms with van der Waals surface area (Å²) in [4.78, 5) is 22.5. The Morgan fingerprint density at radius 2 is 2.00 bits per heavy atom. The summed E-state index contributed by atoms with van der Waals surface area (Å²) in [5.74, 6) is -0.724. The van der Waals surface area contributed by atoms with E-state index >= 15 is 0 Å². The molecule has 1 saturated heterocycles. The highest BCUT2D eigenvalue weighted by atomic mass is 16.4. The number of hydrogen-bond donors (Lipinski definition) is 3. The summed E-state index contributed by atoms with van der Waals surface area (Å²) in [5, 5.41) is 14.6. The number of carboxylic acid groups (broad SMARTS) is 1. The number of nitrogens with one attached hydrogen (secondary N) is 2. The highest BCUT2D eigenvalue weighted by Gasteiger charge is 2.37. The Morgan fingerprint density at radius 3 is 2.53 bits per heavy atom. The van der Waals surface area contributed by atoms with Gasteiger partial charge < -0.3 is 15.7 Å². The van der Waals surface area contributed by atoms with Crippen molar-refractivity contribution in [1.29, 1.82) is 0 Å². The summed E-state index contributed by atoms with van der Waals surface area (Å²) in [6, 6.07) is 0. The van der Waals surface area contributed by atoms with Crippen molar-refractivity contribution < 1.29 is 14.7 Å². The van der Waals surface area contributed by atoms with Crippen LogP contribution >= 0.6 is 0 Å². The van der Waals surface area contributed by atoms with Gasteiger partial charge in [-0.3, -0.25) is 9.59 Å². The molecule has 0 aromatic carbocycles. The molecule has 0 spiro atoms. The van der Waals surface area contributed by atoms with E-state index in [-0.39, 0.29) is 17.7 Å². The molecule has 1 aliphatic heterocycles. The number of rotatable bonds is 6. The average Bonchev–Trinajstić information content (AvgIpc) is 2.35. The van der Waals surface area contributed by atoms with E-state index in [2.05, 4.69) is 10.6 Å². The first-order valence-electron chi connectivity index (χ1n) is 6.31. The molecule has 1 aliphatic rings. The minimum absolute atomic E-state index is 0.0897. The minimum Gasteiger partial charge on any atom is -0.481 e. The van der Waals surface area contributed by atoms with Gasteiger partial charge in [0.05, 0.1) is 5.41 Å². The Labute approximate surface area is 102 Å². The van der Waals surface area contributed by atoms with Crippen molar-refractivity contribution in [3.63, 3.8) is 0 Å². The summed E-state index contributed by atoms with van der Waals surface area (Å²) in [5.41, 5.74) is -0.242. The van der Waals surface area contributed by atoms with E-state index in [4.69, 9.17) is 5.11 Å². The normalized spacial score (nSPS) is 18.6. The molecule has 1 amide bonds. The van der Waals surface area contributed by atoms with Gasteiger partial charge in [0.15, 0.2) is 0 Å². The van der Waals surface area contributed by atoms with Crippen LogP contribution in [-0.2, 0) is 9.59 Å². The topological polar surface area (TPSA) is 78.4 Å². The number of aliphatic carboxylic acids is 1. The minimum atomic E-state index is -0.814. The molecule has 0 saturated carbocycles. The molecule has 0 aromatic rings. The van der Waals surface area contributed by atoms with Gasteiger partial charge in [-0.15, -0.1) is 0 Å². The molecule has 0 atom stereocenters. The molecule has 0 unspecified atom stereocenters. The van der Waals surface area contributed by atoms with Crippen molar-refractivity contribution in [2.75, 3.05) is 19.6 Å². The first-order valence-corrected chi connectivity index (χ1v) is 6.31. The lowest BCUT2D eigenvalue weighted by Crippen LogP contribution is -2.47. The molecular weight excluding hydrogens is 220 g/mol. The lowest BCUT2D eigenvalue weighted by atomic mass is 9.76. The third-order valence-electron chi connectivity index (χ3n) is 3.57. The highest BCUT2D eigenvalue weighted by molar-refractivity contribution is 5.82. The first-order chi connectivity index (χ1) is 8.10. The number of amides is 1. The maximum Gasteiger partial charge on any atom is 0.303 e. The molecule has 0 bridgehead atoms. The smallest absolute Gasteiger partial charge is 0.303 e. The quantitative estimate of drug-likeness (QED) is 0.600. The van der Waals surface area contributed by atoms with E-state index in [1.165, 1.54) is 0 Å². The number of carbonyl (C=O) groups excluding carboxylic acids is 1. The van der Waals surface area contributed by atoms with Crippen LogP contribution < -0.4 is 10.6 Å². The van der Waals surface area contributed by atoms with Gasteiger partial charge in [-0.05, 0) is 38.8 Å². The Balaban J connectivity index is 2.36. The van der Waals surface area contributed by atoms with Crippen LogP contribution in [0.1, 0.15) is 39.0 Å². The van der Waals surface area contributed by atoms with Crippen LogP contribution in [0.5, 0.6) is 0 Å². The summed E-state index contributed by atoms with van der Waals surface area (Å²) in [6.07, 6.45) is 3.20. The molecule has 1 fully saturated rings. The van der Waals surface area contributed by atoms with Gasteiger partial charge in [-0.2, -0.15) is 0 Å². The van der Waals surface area contributed by atoms with Crippen molar-refractivity contribution in [3.05, 3.63) is 0 Å². The third-order valence-corrected chi connectivity index (χ3v) is 3.57. The Morgan fingerprint density at radius 1 is 1.35 bits per heavy atom. The van der Waals surface area contributed by atoms with E-state index in [1.54, 1.807) is 0 Å². The average molecular weight is 242 g/mol.